The molecule has 142 valence electrons. The van der Waals surface area contributed by atoms with E-state index in [-0.39, 0.29) is 30.2 Å². The molecule has 1 aliphatic carbocycles. The molecule has 0 spiro atoms. The largest absolute Gasteiger partial charge is 0.469 e. The number of ether oxygens (including phenoxy) is 1. The van der Waals surface area contributed by atoms with E-state index in [1.165, 1.54) is 20.5 Å². The number of methoxy groups -OCH3 is 1. The van der Waals surface area contributed by atoms with Gasteiger partial charge in [-0.05, 0) is 37.0 Å². The van der Waals surface area contributed by atoms with Crippen molar-refractivity contribution in [2.75, 3.05) is 19.0 Å². The van der Waals surface area contributed by atoms with Gasteiger partial charge in [-0.2, -0.15) is 0 Å². The SMILES string of the molecule is COC(=O)CCN(C(=O)c1cccc(NC(C)=O)c1)C1CCCCC1C. The Bertz CT molecular complexity index is 659. The first-order valence-electron chi connectivity index (χ1n) is 9.17. The molecule has 2 amide bonds. The average Bonchev–Trinajstić information content (AvgIpc) is 2.62. The number of hydrogen-bond acceptors (Lipinski definition) is 4. The van der Waals surface area contributed by atoms with Crippen molar-refractivity contribution >= 4 is 23.5 Å². The van der Waals surface area contributed by atoms with Gasteiger partial charge in [-0.15, -0.1) is 0 Å². The quantitative estimate of drug-likeness (QED) is 0.790. The Labute approximate surface area is 154 Å². The van der Waals surface area contributed by atoms with Gasteiger partial charge in [0.2, 0.25) is 5.91 Å². The molecule has 0 bridgehead atoms. The second-order valence-corrected chi connectivity index (χ2v) is 6.92. The number of carbonyl (C=O) groups excluding carboxylic acids is 3. The molecule has 1 saturated carbocycles. The highest BCUT2D eigenvalue weighted by atomic mass is 16.5. The number of nitrogens with one attached hydrogen (secondary N) is 1. The Kier molecular flexibility index (Phi) is 7.18. The van der Waals surface area contributed by atoms with E-state index in [1.807, 2.05) is 4.90 Å². The van der Waals surface area contributed by atoms with Crippen LogP contribution in [0.15, 0.2) is 24.3 Å². The normalized spacial score (nSPS) is 19.5. The van der Waals surface area contributed by atoms with Crippen molar-refractivity contribution in [3.63, 3.8) is 0 Å². The van der Waals surface area contributed by atoms with E-state index in [1.54, 1.807) is 24.3 Å². The summed E-state index contributed by atoms with van der Waals surface area (Å²) in [6.45, 7) is 3.93. The molecule has 1 aromatic rings. The van der Waals surface area contributed by atoms with Crippen LogP contribution in [0, 0.1) is 5.92 Å². The Hall–Kier alpha value is -2.37. The van der Waals surface area contributed by atoms with E-state index in [9.17, 15) is 14.4 Å². The summed E-state index contributed by atoms with van der Waals surface area (Å²) in [6, 6.07) is 7.04. The van der Waals surface area contributed by atoms with Crippen LogP contribution >= 0.6 is 0 Å². The molecule has 1 fully saturated rings. The van der Waals surface area contributed by atoms with Crippen LogP contribution in [-0.4, -0.2) is 42.4 Å². The first-order valence-corrected chi connectivity index (χ1v) is 9.17. The number of anilines is 1. The van der Waals surface area contributed by atoms with Crippen LogP contribution in [-0.2, 0) is 14.3 Å². The van der Waals surface area contributed by atoms with Gasteiger partial charge in [0, 0.05) is 30.8 Å². The smallest absolute Gasteiger partial charge is 0.307 e. The van der Waals surface area contributed by atoms with Gasteiger partial charge < -0.3 is 15.0 Å². The summed E-state index contributed by atoms with van der Waals surface area (Å²) in [5.74, 6) is -0.222. The summed E-state index contributed by atoms with van der Waals surface area (Å²) < 4.78 is 4.74. The van der Waals surface area contributed by atoms with Gasteiger partial charge in [0.05, 0.1) is 13.5 Å². The van der Waals surface area contributed by atoms with Crippen molar-refractivity contribution in [3.8, 4) is 0 Å². The molecular weight excluding hydrogens is 332 g/mol. The number of rotatable bonds is 6. The number of benzene rings is 1. The summed E-state index contributed by atoms with van der Waals surface area (Å²) in [7, 11) is 1.36. The second-order valence-electron chi connectivity index (χ2n) is 6.92. The zero-order valence-corrected chi connectivity index (χ0v) is 15.8. The Morgan fingerprint density at radius 2 is 1.96 bits per heavy atom. The van der Waals surface area contributed by atoms with E-state index in [0.717, 1.165) is 19.3 Å². The molecule has 1 aliphatic rings. The molecule has 2 unspecified atom stereocenters. The maximum atomic E-state index is 13.2. The standard InChI is InChI=1S/C20H28N2O4/c1-14-7-4-5-10-18(14)22(12-11-19(24)26-3)20(25)16-8-6-9-17(13-16)21-15(2)23/h6,8-9,13-14,18H,4-5,7,10-12H2,1-3H3,(H,21,23). The monoisotopic (exact) mass is 360 g/mol. The minimum atomic E-state index is -0.321. The second kappa shape index (κ2) is 9.36. The first-order chi connectivity index (χ1) is 12.4. The number of nitrogens with zero attached hydrogens (tertiary/aromatic N) is 1. The number of amides is 2. The molecule has 6 nitrogen and oxygen atoms in total. The fraction of sp³-hybridized carbons (Fsp3) is 0.550. The molecule has 0 saturated heterocycles. The van der Waals surface area contributed by atoms with E-state index < -0.39 is 0 Å². The Morgan fingerprint density at radius 1 is 1.23 bits per heavy atom. The van der Waals surface area contributed by atoms with E-state index in [0.29, 0.717) is 23.7 Å². The van der Waals surface area contributed by atoms with Gasteiger partial charge >= 0.3 is 5.97 Å². The van der Waals surface area contributed by atoms with Gasteiger partial charge in [-0.25, -0.2) is 0 Å². The number of esters is 1. The first kappa shape index (κ1) is 19.9. The highest BCUT2D eigenvalue weighted by Crippen LogP contribution is 2.29. The van der Waals surface area contributed by atoms with Crippen molar-refractivity contribution in [2.24, 2.45) is 5.92 Å². The highest BCUT2D eigenvalue weighted by Gasteiger charge is 2.31. The van der Waals surface area contributed by atoms with Gasteiger partial charge in [-0.3, -0.25) is 14.4 Å². The lowest BCUT2D eigenvalue weighted by Gasteiger charge is -2.38. The van der Waals surface area contributed by atoms with Crippen LogP contribution in [0.1, 0.15) is 56.3 Å². The summed E-state index contributed by atoms with van der Waals surface area (Å²) in [6.07, 6.45) is 4.46. The van der Waals surface area contributed by atoms with Crippen LogP contribution in [0.5, 0.6) is 0 Å². The molecular formula is C20H28N2O4. The summed E-state index contributed by atoms with van der Waals surface area (Å²) >= 11 is 0. The predicted molar refractivity (Wildman–Crippen MR) is 99.8 cm³/mol. The molecule has 1 N–H and O–H groups in total. The maximum Gasteiger partial charge on any atom is 0.307 e. The van der Waals surface area contributed by atoms with Crippen molar-refractivity contribution < 1.29 is 19.1 Å². The van der Waals surface area contributed by atoms with Crippen molar-refractivity contribution in [1.82, 2.24) is 4.90 Å². The van der Waals surface area contributed by atoms with Gasteiger partial charge in [0.15, 0.2) is 0 Å². The molecule has 1 aromatic carbocycles. The summed E-state index contributed by atoms with van der Waals surface area (Å²) in [5, 5.41) is 2.70. The molecule has 2 atom stereocenters. The Balaban J connectivity index is 2.23. The van der Waals surface area contributed by atoms with Gasteiger partial charge in [0.1, 0.15) is 0 Å². The Morgan fingerprint density at radius 3 is 2.62 bits per heavy atom. The summed E-state index contributed by atoms with van der Waals surface area (Å²) in [5.41, 5.74) is 1.10. The molecule has 0 radical (unpaired) electrons. The molecule has 26 heavy (non-hydrogen) atoms. The van der Waals surface area contributed by atoms with Gasteiger partial charge in [-0.1, -0.05) is 25.8 Å². The van der Waals surface area contributed by atoms with E-state index >= 15 is 0 Å². The molecule has 2 rings (SSSR count). The zero-order chi connectivity index (χ0) is 19.1. The summed E-state index contributed by atoms with van der Waals surface area (Å²) in [4.78, 5) is 37.9. The molecule has 0 aliphatic heterocycles. The number of carbonyl (C=O) groups is 3. The molecule has 6 heteroatoms. The third-order valence-corrected chi connectivity index (χ3v) is 4.94. The van der Waals surface area contributed by atoms with Gasteiger partial charge in [0.25, 0.3) is 5.91 Å². The minimum Gasteiger partial charge on any atom is -0.469 e. The van der Waals surface area contributed by atoms with E-state index in [2.05, 4.69) is 12.2 Å². The zero-order valence-electron chi connectivity index (χ0n) is 15.8. The highest BCUT2D eigenvalue weighted by molar-refractivity contribution is 5.97. The maximum absolute atomic E-state index is 13.2. The fourth-order valence-electron chi connectivity index (χ4n) is 3.59. The van der Waals surface area contributed by atoms with E-state index in [4.69, 9.17) is 4.74 Å². The topological polar surface area (TPSA) is 75.7 Å². The predicted octanol–water partition coefficient (Wildman–Crippen LogP) is 3.23. The van der Waals surface area contributed by atoms with Crippen molar-refractivity contribution in [3.05, 3.63) is 29.8 Å². The van der Waals surface area contributed by atoms with Crippen LogP contribution in [0.3, 0.4) is 0 Å². The van der Waals surface area contributed by atoms with Crippen LogP contribution < -0.4 is 5.32 Å². The third kappa shape index (κ3) is 5.31. The van der Waals surface area contributed by atoms with Crippen molar-refractivity contribution in [1.29, 1.82) is 0 Å². The number of hydrogen-bond donors (Lipinski definition) is 1. The van der Waals surface area contributed by atoms with Crippen LogP contribution in [0.4, 0.5) is 5.69 Å². The molecule has 0 heterocycles. The third-order valence-electron chi connectivity index (χ3n) is 4.94. The van der Waals surface area contributed by atoms with Crippen LogP contribution in [0.2, 0.25) is 0 Å². The van der Waals surface area contributed by atoms with Crippen LogP contribution in [0.25, 0.3) is 0 Å². The lowest BCUT2D eigenvalue weighted by atomic mass is 9.84. The lowest BCUT2D eigenvalue weighted by Crippen LogP contribution is -2.46. The van der Waals surface area contributed by atoms with Crippen molar-refractivity contribution in [2.45, 2.75) is 52.0 Å². The fourth-order valence-corrected chi connectivity index (χ4v) is 3.59. The average molecular weight is 360 g/mol. The lowest BCUT2D eigenvalue weighted by molar-refractivity contribution is -0.141. The molecule has 0 aromatic heterocycles. The minimum absolute atomic E-state index is 0.111.